The highest BCUT2D eigenvalue weighted by Gasteiger charge is 2.30. The second-order valence-corrected chi connectivity index (χ2v) is 9.54. The maximum Gasteiger partial charge on any atom is 0.225 e. The van der Waals surface area contributed by atoms with Crippen molar-refractivity contribution in [3.63, 3.8) is 0 Å². The summed E-state index contributed by atoms with van der Waals surface area (Å²) in [4.78, 5) is 20.3. The highest BCUT2D eigenvalue weighted by molar-refractivity contribution is 5.78. The number of hydrogen-bond acceptors (Lipinski definition) is 4. The molecule has 0 N–H and O–H groups in total. The quantitative estimate of drug-likeness (QED) is 0.634. The number of hydrogen-bond donors (Lipinski definition) is 0. The lowest BCUT2D eigenvalue weighted by Crippen LogP contribution is -2.51. The van der Waals surface area contributed by atoms with E-state index < -0.39 is 0 Å². The van der Waals surface area contributed by atoms with Crippen molar-refractivity contribution in [3.8, 4) is 0 Å². The van der Waals surface area contributed by atoms with E-state index in [0.29, 0.717) is 18.0 Å². The maximum absolute atomic E-state index is 13.0. The van der Waals surface area contributed by atoms with Crippen LogP contribution in [0.15, 0.2) is 12.4 Å². The molecule has 2 aliphatic rings. The predicted molar refractivity (Wildman–Crippen MR) is 118 cm³/mol. The highest BCUT2D eigenvalue weighted by Crippen LogP contribution is 2.21. The van der Waals surface area contributed by atoms with Crippen molar-refractivity contribution in [2.24, 2.45) is 5.92 Å². The molecule has 6 heteroatoms. The predicted octanol–water partition coefficient (Wildman–Crippen LogP) is 3.40. The minimum absolute atomic E-state index is 0.0708. The summed E-state index contributed by atoms with van der Waals surface area (Å²) in [5.41, 5.74) is 1.27. The lowest BCUT2D eigenvalue weighted by atomic mass is 10.0. The number of likely N-dealkylation sites (tertiary alicyclic amines) is 2. The van der Waals surface area contributed by atoms with E-state index in [-0.39, 0.29) is 5.92 Å². The van der Waals surface area contributed by atoms with Crippen molar-refractivity contribution >= 4 is 5.91 Å². The third-order valence-electron chi connectivity index (χ3n) is 6.36. The van der Waals surface area contributed by atoms with Gasteiger partial charge in [-0.3, -0.25) is 14.4 Å². The van der Waals surface area contributed by atoms with Crippen molar-refractivity contribution in [2.75, 3.05) is 39.3 Å². The smallest absolute Gasteiger partial charge is 0.225 e. The lowest BCUT2D eigenvalue weighted by molar-refractivity contribution is -0.138. The number of aromatic nitrogens is 2. The van der Waals surface area contributed by atoms with Gasteiger partial charge in [0.25, 0.3) is 0 Å². The first-order valence-electron chi connectivity index (χ1n) is 11.7. The molecule has 0 saturated carbocycles. The lowest BCUT2D eigenvalue weighted by Gasteiger charge is -2.40. The number of rotatable bonds is 9. The van der Waals surface area contributed by atoms with Gasteiger partial charge in [0.1, 0.15) is 0 Å². The third kappa shape index (κ3) is 6.29. The van der Waals surface area contributed by atoms with Crippen LogP contribution in [-0.2, 0) is 11.3 Å². The van der Waals surface area contributed by atoms with E-state index in [2.05, 4.69) is 39.8 Å². The first-order valence-corrected chi connectivity index (χ1v) is 11.7. The fraction of sp³-hybridized carbons (Fsp3) is 0.826. The normalized spacial score (nSPS) is 21.4. The van der Waals surface area contributed by atoms with Crippen LogP contribution >= 0.6 is 0 Å². The summed E-state index contributed by atoms with van der Waals surface area (Å²) in [6.45, 7) is 15.9. The average Bonchev–Trinajstić information content (AvgIpc) is 3.37. The Hall–Kier alpha value is -1.40. The molecular formula is C23H41N5O. The molecule has 0 aromatic carbocycles. The van der Waals surface area contributed by atoms with Gasteiger partial charge in [0.2, 0.25) is 5.91 Å². The Bertz CT molecular complexity index is 635. The summed E-state index contributed by atoms with van der Waals surface area (Å²) in [5.74, 6) is 0.396. The molecule has 164 valence electrons. The van der Waals surface area contributed by atoms with Gasteiger partial charge in [0.15, 0.2) is 0 Å². The number of amides is 1. The van der Waals surface area contributed by atoms with Crippen LogP contribution in [0.5, 0.6) is 0 Å². The van der Waals surface area contributed by atoms with Crippen LogP contribution in [0.2, 0.25) is 0 Å². The van der Waals surface area contributed by atoms with Gasteiger partial charge in [-0.2, -0.15) is 5.10 Å². The fourth-order valence-corrected chi connectivity index (χ4v) is 4.70. The van der Waals surface area contributed by atoms with Gasteiger partial charge < -0.3 is 9.80 Å². The zero-order chi connectivity index (χ0) is 20.8. The first kappa shape index (κ1) is 22.3. The van der Waals surface area contributed by atoms with Gasteiger partial charge in [-0.05, 0) is 72.1 Å². The van der Waals surface area contributed by atoms with E-state index in [1.54, 1.807) is 0 Å². The highest BCUT2D eigenvalue weighted by atomic mass is 16.2. The van der Waals surface area contributed by atoms with Crippen molar-refractivity contribution < 1.29 is 4.79 Å². The summed E-state index contributed by atoms with van der Waals surface area (Å²) in [6, 6.07) is 0.741. The number of piperidine rings is 1. The summed E-state index contributed by atoms with van der Waals surface area (Å²) in [7, 11) is 0. The summed E-state index contributed by atoms with van der Waals surface area (Å²) >= 11 is 0. The molecule has 3 heterocycles. The zero-order valence-electron chi connectivity index (χ0n) is 19.0. The van der Waals surface area contributed by atoms with E-state index in [1.165, 1.54) is 31.5 Å². The van der Waals surface area contributed by atoms with Gasteiger partial charge >= 0.3 is 0 Å². The molecule has 1 unspecified atom stereocenters. The molecular weight excluding hydrogens is 362 g/mol. The molecule has 6 nitrogen and oxygen atoms in total. The van der Waals surface area contributed by atoms with Crippen LogP contribution < -0.4 is 0 Å². The van der Waals surface area contributed by atoms with Crippen molar-refractivity contribution in [1.82, 2.24) is 24.5 Å². The largest absolute Gasteiger partial charge is 0.338 e. The SMILES string of the molecule is CC(C)C(=O)N(CCCN1CCCC1)C1CCCN(Cc2cnn(C(C)C)c2)C1. The van der Waals surface area contributed by atoms with Crippen LogP contribution in [-0.4, -0.2) is 75.7 Å². The molecule has 29 heavy (non-hydrogen) atoms. The summed E-state index contributed by atoms with van der Waals surface area (Å²) < 4.78 is 2.03. The van der Waals surface area contributed by atoms with Gasteiger partial charge in [-0.1, -0.05) is 13.8 Å². The maximum atomic E-state index is 13.0. The van der Waals surface area contributed by atoms with Crippen LogP contribution in [0.1, 0.15) is 71.4 Å². The second-order valence-electron chi connectivity index (χ2n) is 9.54. The number of carbonyl (C=O) groups is 1. The standard InChI is InChI=1S/C23H41N5O/c1-19(2)23(29)27(14-8-13-25-10-5-6-11-25)22-9-7-12-26(18-22)16-21-15-24-28(17-21)20(3)4/h15,17,19-20,22H,5-14,16,18H2,1-4H3. The summed E-state index contributed by atoms with van der Waals surface area (Å²) in [5, 5.41) is 4.49. The van der Waals surface area contributed by atoms with Crippen LogP contribution in [0, 0.1) is 5.92 Å². The van der Waals surface area contributed by atoms with E-state index in [0.717, 1.165) is 52.0 Å². The molecule has 2 fully saturated rings. The molecule has 2 saturated heterocycles. The monoisotopic (exact) mass is 403 g/mol. The molecule has 1 amide bonds. The minimum atomic E-state index is 0.0708. The van der Waals surface area contributed by atoms with Gasteiger partial charge in [0, 0.05) is 49.4 Å². The Kier molecular flexibility index (Phi) is 8.13. The van der Waals surface area contributed by atoms with E-state index >= 15 is 0 Å². The number of carbonyl (C=O) groups excluding carboxylic acids is 1. The molecule has 3 rings (SSSR count). The molecule has 1 aromatic rings. The molecule has 0 radical (unpaired) electrons. The second kappa shape index (κ2) is 10.6. The molecule has 1 aromatic heterocycles. The summed E-state index contributed by atoms with van der Waals surface area (Å²) in [6.07, 6.45) is 10.2. The Morgan fingerprint density at radius 2 is 1.86 bits per heavy atom. The Balaban J connectivity index is 1.57. The molecule has 2 aliphatic heterocycles. The topological polar surface area (TPSA) is 44.6 Å². The molecule has 0 spiro atoms. The molecule has 1 atom stereocenters. The Labute approximate surface area is 177 Å². The van der Waals surface area contributed by atoms with Crippen molar-refractivity contribution in [3.05, 3.63) is 18.0 Å². The molecule has 0 bridgehead atoms. The van der Waals surface area contributed by atoms with E-state index in [4.69, 9.17) is 0 Å². The number of nitrogens with zero attached hydrogens (tertiary/aromatic N) is 5. The minimum Gasteiger partial charge on any atom is -0.338 e. The van der Waals surface area contributed by atoms with Gasteiger partial charge in [0.05, 0.1) is 6.20 Å². The Morgan fingerprint density at radius 3 is 2.52 bits per heavy atom. The zero-order valence-corrected chi connectivity index (χ0v) is 19.0. The average molecular weight is 404 g/mol. The Morgan fingerprint density at radius 1 is 1.14 bits per heavy atom. The van der Waals surface area contributed by atoms with Crippen LogP contribution in [0.4, 0.5) is 0 Å². The van der Waals surface area contributed by atoms with E-state index in [1.807, 2.05) is 24.7 Å². The molecule has 0 aliphatic carbocycles. The van der Waals surface area contributed by atoms with Crippen LogP contribution in [0.25, 0.3) is 0 Å². The van der Waals surface area contributed by atoms with Crippen molar-refractivity contribution in [1.29, 1.82) is 0 Å². The van der Waals surface area contributed by atoms with Gasteiger partial charge in [-0.25, -0.2) is 0 Å². The van der Waals surface area contributed by atoms with Crippen molar-refractivity contribution in [2.45, 2.75) is 78.4 Å². The third-order valence-corrected chi connectivity index (χ3v) is 6.36. The van der Waals surface area contributed by atoms with Crippen LogP contribution in [0.3, 0.4) is 0 Å². The first-order chi connectivity index (χ1) is 13.9. The van der Waals surface area contributed by atoms with E-state index in [9.17, 15) is 4.79 Å². The van der Waals surface area contributed by atoms with Gasteiger partial charge in [-0.15, -0.1) is 0 Å². The fourth-order valence-electron chi connectivity index (χ4n) is 4.70.